The molecule has 1 saturated heterocycles. The van der Waals surface area contributed by atoms with E-state index in [2.05, 4.69) is 11.8 Å². The Labute approximate surface area is 174 Å². The van der Waals surface area contributed by atoms with Gasteiger partial charge in [0, 0.05) is 33.2 Å². The number of hydrogen-bond donors (Lipinski definition) is 0. The third-order valence-electron chi connectivity index (χ3n) is 5.64. The Kier molecular flexibility index (Phi) is 5.39. The Morgan fingerprint density at radius 2 is 1.69 bits per heavy atom. The summed E-state index contributed by atoms with van der Waals surface area (Å²) in [7, 11) is 1.77. The van der Waals surface area contributed by atoms with Gasteiger partial charge in [-0.25, -0.2) is 4.98 Å². The standard InChI is InChI=1S/C22H23ClN4O2/c1-15(20-24-19-10-6-4-8-17(19)21(28)25(20)2)26-11-13-27(14-12-26)22(29)16-7-3-5-9-18(16)23/h3-10,15H,11-14H2,1-2H3. The lowest BCUT2D eigenvalue weighted by Crippen LogP contribution is -2.50. The quantitative estimate of drug-likeness (QED) is 0.665. The highest BCUT2D eigenvalue weighted by molar-refractivity contribution is 6.33. The monoisotopic (exact) mass is 410 g/mol. The lowest BCUT2D eigenvalue weighted by molar-refractivity contribution is 0.0572. The molecule has 29 heavy (non-hydrogen) atoms. The Morgan fingerprint density at radius 3 is 2.41 bits per heavy atom. The highest BCUT2D eigenvalue weighted by atomic mass is 35.5. The van der Waals surface area contributed by atoms with Crippen molar-refractivity contribution in [3.63, 3.8) is 0 Å². The van der Waals surface area contributed by atoms with Gasteiger partial charge in [0.15, 0.2) is 0 Å². The van der Waals surface area contributed by atoms with E-state index in [1.165, 1.54) is 0 Å². The first-order valence-corrected chi connectivity index (χ1v) is 10.1. The molecule has 0 N–H and O–H groups in total. The van der Waals surface area contributed by atoms with Crippen LogP contribution in [-0.4, -0.2) is 51.4 Å². The molecule has 3 aromatic rings. The summed E-state index contributed by atoms with van der Waals surface area (Å²) in [5, 5.41) is 1.10. The second-order valence-corrected chi connectivity index (χ2v) is 7.74. The van der Waals surface area contributed by atoms with Gasteiger partial charge in [-0.15, -0.1) is 0 Å². The average Bonchev–Trinajstić information content (AvgIpc) is 2.76. The van der Waals surface area contributed by atoms with Crippen molar-refractivity contribution in [2.24, 2.45) is 7.05 Å². The molecule has 0 saturated carbocycles. The third-order valence-corrected chi connectivity index (χ3v) is 5.97. The molecule has 4 rings (SSSR count). The number of piperazine rings is 1. The van der Waals surface area contributed by atoms with Gasteiger partial charge in [-0.2, -0.15) is 0 Å². The SMILES string of the molecule is CC(c1nc2ccccc2c(=O)n1C)N1CCN(C(=O)c2ccccc2Cl)CC1. The number of halogens is 1. The fourth-order valence-electron chi connectivity index (χ4n) is 3.89. The van der Waals surface area contributed by atoms with Crippen LogP contribution in [0.5, 0.6) is 0 Å². The van der Waals surface area contributed by atoms with Crippen LogP contribution in [0.3, 0.4) is 0 Å². The van der Waals surface area contributed by atoms with E-state index < -0.39 is 0 Å². The number of benzene rings is 2. The van der Waals surface area contributed by atoms with Gasteiger partial charge in [0.05, 0.1) is 27.5 Å². The molecule has 2 heterocycles. The zero-order chi connectivity index (χ0) is 20.5. The van der Waals surface area contributed by atoms with Crippen molar-refractivity contribution >= 4 is 28.4 Å². The highest BCUT2D eigenvalue weighted by Crippen LogP contribution is 2.23. The first-order valence-electron chi connectivity index (χ1n) is 9.71. The van der Waals surface area contributed by atoms with E-state index in [1.807, 2.05) is 35.2 Å². The van der Waals surface area contributed by atoms with Crippen molar-refractivity contribution in [3.8, 4) is 0 Å². The maximum Gasteiger partial charge on any atom is 0.261 e. The molecule has 1 aromatic heterocycles. The van der Waals surface area contributed by atoms with E-state index in [1.54, 1.807) is 29.8 Å². The number of nitrogens with zero attached hydrogens (tertiary/aromatic N) is 4. The van der Waals surface area contributed by atoms with E-state index in [0.717, 1.165) is 5.82 Å². The molecule has 1 atom stereocenters. The molecule has 150 valence electrons. The van der Waals surface area contributed by atoms with Crippen molar-refractivity contribution in [1.29, 1.82) is 0 Å². The fraction of sp³-hybridized carbons (Fsp3) is 0.318. The minimum atomic E-state index is -0.0425. The van der Waals surface area contributed by atoms with Gasteiger partial charge in [-0.1, -0.05) is 35.9 Å². The zero-order valence-electron chi connectivity index (χ0n) is 16.5. The van der Waals surface area contributed by atoms with Gasteiger partial charge in [0.2, 0.25) is 0 Å². The van der Waals surface area contributed by atoms with Crippen molar-refractivity contribution in [1.82, 2.24) is 19.4 Å². The largest absolute Gasteiger partial charge is 0.336 e. The van der Waals surface area contributed by atoms with E-state index in [9.17, 15) is 9.59 Å². The maximum absolute atomic E-state index is 12.8. The van der Waals surface area contributed by atoms with E-state index in [4.69, 9.17) is 16.6 Å². The van der Waals surface area contributed by atoms with Crippen LogP contribution < -0.4 is 5.56 Å². The highest BCUT2D eigenvalue weighted by Gasteiger charge is 2.28. The van der Waals surface area contributed by atoms with Gasteiger partial charge in [-0.3, -0.25) is 19.1 Å². The fourth-order valence-corrected chi connectivity index (χ4v) is 4.11. The lowest BCUT2D eigenvalue weighted by atomic mass is 10.1. The summed E-state index contributed by atoms with van der Waals surface area (Å²) in [6, 6.07) is 14.5. The molecule has 6 nitrogen and oxygen atoms in total. The topological polar surface area (TPSA) is 58.4 Å². The van der Waals surface area contributed by atoms with Crippen molar-refractivity contribution < 1.29 is 4.79 Å². The number of carbonyl (C=O) groups is 1. The summed E-state index contributed by atoms with van der Waals surface area (Å²) in [5.74, 6) is 0.693. The number of amides is 1. The molecule has 2 aromatic carbocycles. The van der Waals surface area contributed by atoms with Crippen LogP contribution in [-0.2, 0) is 7.05 Å². The molecule has 1 amide bonds. The van der Waals surface area contributed by atoms with Gasteiger partial charge in [0.1, 0.15) is 5.82 Å². The van der Waals surface area contributed by atoms with Crippen molar-refractivity contribution in [2.45, 2.75) is 13.0 Å². The number of carbonyl (C=O) groups excluding carboxylic acids is 1. The molecule has 1 unspecified atom stereocenters. The van der Waals surface area contributed by atoms with Crippen LogP contribution in [0.2, 0.25) is 5.02 Å². The van der Waals surface area contributed by atoms with Gasteiger partial charge in [-0.05, 0) is 31.2 Å². The van der Waals surface area contributed by atoms with Crippen LogP contribution in [0.15, 0.2) is 53.3 Å². The van der Waals surface area contributed by atoms with E-state index in [0.29, 0.717) is 47.7 Å². The molecule has 1 fully saturated rings. The molecule has 0 aliphatic carbocycles. The minimum absolute atomic E-state index is 0.0325. The zero-order valence-corrected chi connectivity index (χ0v) is 17.3. The van der Waals surface area contributed by atoms with Crippen LogP contribution >= 0.6 is 11.6 Å². The van der Waals surface area contributed by atoms with Crippen LogP contribution in [0.25, 0.3) is 10.9 Å². The van der Waals surface area contributed by atoms with Crippen molar-refractivity contribution in [3.05, 3.63) is 75.3 Å². The van der Waals surface area contributed by atoms with Crippen LogP contribution in [0.1, 0.15) is 29.1 Å². The first kappa shape index (κ1) is 19.6. The Balaban J connectivity index is 1.51. The normalized spacial score (nSPS) is 16.2. The Hall–Kier alpha value is -2.70. The predicted octanol–water partition coefficient (Wildman–Crippen LogP) is 3.11. The summed E-state index contributed by atoms with van der Waals surface area (Å²) in [5.41, 5.74) is 1.21. The van der Waals surface area contributed by atoms with Gasteiger partial charge < -0.3 is 4.90 Å². The number of rotatable bonds is 3. The summed E-state index contributed by atoms with van der Waals surface area (Å²) in [6.07, 6.45) is 0. The number of para-hydroxylation sites is 1. The Morgan fingerprint density at radius 1 is 1.03 bits per heavy atom. The molecule has 1 aliphatic rings. The predicted molar refractivity (Wildman–Crippen MR) is 114 cm³/mol. The van der Waals surface area contributed by atoms with Gasteiger partial charge >= 0.3 is 0 Å². The molecular weight excluding hydrogens is 388 g/mol. The third kappa shape index (κ3) is 3.66. The lowest BCUT2D eigenvalue weighted by Gasteiger charge is -2.38. The molecule has 7 heteroatoms. The number of hydrogen-bond acceptors (Lipinski definition) is 4. The molecule has 0 bridgehead atoms. The maximum atomic E-state index is 12.8. The first-order chi connectivity index (χ1) is 14.0. The second kappa shape index (κ2) is 7.97. The molecule has 0 radical (unpaired) electrons. The Bertz CT molecular complexity index is 1120. The molecule has 0 spiro atoms. The summed E-state index contributed by atoms with van der Waals surface area (Å²) in [4.78, 5) is 34.3. The second-order valence-electron chi connectivity index (χ2n) is 7.34. The molecule has 1 aliphatic heterocycles. The summed E-state index contributed by atoms with van der Waals surface area (Å²) >= 11 is 6.18. The van der Waals surface area contributed by atoms with Crippen LogP contribution in [0.4, 0.5) is 0 Å². The van der Waals surface area contributed by atoms with E-state index in [-0.39, 0.29) is 17.5 Å². The summed E-state index contributed by atoms with van der Waals surface area (Å²) in [6.45, 7) is 4.69. The number of fused-ring (bicyclic) bond motifs is 1. The minimum Gasteiger partial charge on any atom is -0.336 e. The smallest absolute Gasteiger partial charge is 0.261 e. The van der Waals surface area contributed by atoms with Gasteiger partial charge in [0.25, 0.3) is 11.5 Å². The number of aromatic nitrogens is 2. The average molecular weight is 411 g/mol. The van der Waals surface area contributed by atoms with Crippen molar-refractivity contribution in [2.75, 3.05) is 26.2 Å². The van der Waals surface area contributed by atoms with E-state index >= 15 is 0 Å². The summed E-state index contributed by atoms with van der Waals surface area (Å²) < 4.78 is 1.63. The van der Waals surface area contributed by atoms with Crippen LogP contribution in [0, 0.1) is 0 Å². The molecular formula is C22H23ClN4O2.